The first-order chi connectivity index (χ1) is 17.9. The Hall–Kier alpha value is -2.60. The molecule has 3 aromatic heterocycles. The summed E-state index contributed by atoms with van der Waals surface area (Å²) in [5.74, 6) is -0.790. The zero-order valence-electron chi connectivity index (χ0n) is 20.5. The third-order valence-electron chi connectivity index (χ3n) is 7.07. The predicted molar refractivity (Wildman–Crippen MR) is 147 cm³/mol. The van der Waals surface area contributed by atoms with Crippen molar-refractivity contribution in [3.8, 4) is 10.6 Å². The maximum Gasteiger partial charge on any atom is 0.306 e. The lowest BCUT2D eigenvalue weighted by Gasteiger charge is -2.30. The summed E-state index contributed by atoms with van der Waals surface area (Å²) in [6.07, 6.45) is 7.70. The van der Waals surface area contributed by atoms with Crippen molar-refractivity contribution in [3.05, 3.63) is 39.4 Å². The molecule has 2 aliphatic rings. The molecule has 0 spiro atoms. The van der Waals surface area contributed by atoms with Crippen molar-refractivity contribution < 1.29 is 14.7 Å². The summed E-state index contributed by atoms with van der Waals surface area (Å²) >= 11 is 9.24. The Labute approximate surface area is 228 Å². The van der Waals surface area contributed by atoms with E-state index in [2.05, 4.69) is 27.1 Å². The average molecular weight is 561 g/mol. The number of carbonyl (C=O) groups is 2. The minimum Gasteiger partial charge on any atom is -0.481 e. The number of amides is 1. The summed E-state index contributed by atoms with van der Waals surface area (Å²) in [4.78, 5) is 44.3. The first kappa shape index (κ1) is 26.0. The molecule has 1 amide bonds. The van der Waals surface area contributed by atoms with Crippen LogP contribution in [-0.4, -0.2) is 62.5 Å². The predicted octanol–water partition coefficient (Wildman–Crippen LogP) is 5.24. The van der Waals surface area contributed by atoms with Gasteiger partial charge in [-0.15, -0.1) is 11.3 Å². The molecule has 9 nitrogen and oxygen atoms in total. The van der Waals surface area contributed by atoms with Gasteiger partial charge in [-0.3, -0.25) is 19.8 Å². The van der Waals surface area contributed by atoms with Crippen LogP contribution in [0.25, 0.3) is 10.6 Å². The first-order valence-electron chi connectivity index (χ1n) is 12.5. The highest BCUT2D eigenvalue weighted by Crippen LogP contribution is 2.38. The number of rotatable bonds is 8. The Bertz CT molecular complexity index is 1260. The van der Waals surface area contributed by atoms with E-state index in [9.17, 15) is 14.7 Å². The number of carbonyl (C=O) groups excluding carboxylic acids is 1. The Morgan fingerprint density at radius 3 is 2.65 bits per heavy atom. The monoisotopic (exact) mass is 560 g/mol. The standard InChI is InChI=1S/C25H29ClN6O3S2/c1-2-17-4-3-7-32(17)13-20-22(19-10-16(26)14-36-19)29-25(37-20)30-23(33)18-11-28-21(12-27-18)31-8-5-15(6-9-31)24(34)35/h10-12,14-15,17H,2-9,13H2,1H3,(H,34,35)(H,29,30,33)/t17-/m1/s1. The Morgan fingerprint density at radius 2 is 2.00 bits per heavy atom. The second-order valence-corrected chi connectivity index (χ2v) is 11.8. The topological polar surface area (TPSA) is 112 Å². The second-order valence-electron chi connectivity index (χ2n) is 9.41. The fourth-order valence-corrected chi connectivity index (χ4v) is 7.16. The fraction of sp³-hybridized carbons (Fsp3) is 0.480. The molecule has 0 bridgehead atoms. The molecule has 2 aliphatic heterocycles. The summed E-state index contributed by atoms with van der Waals surface area (Å²) in [6, 6.07) is 2.49. The van der Waals surface area contributed by atoms with Crippen LogP contribution in [0.1, 0.15) is 54.4 Å². The Balaban J connectivity index is 1.29. The first-order valence-corrected chi connectivity index (χ1v) is 14.6. The molecule has 5 heterocycles. The second kappa shape index (κ2) is 11.4. The third kappa shape index (κ3) is 5.95. The molecule has 5 rings (SSSR count). The van der Waals surface area contributed by atoms with E-state index in [1.54, 1.807) is 17.5 Å². The molecule has 37 heavy (non-hydrogen) atoms. The number of nitrogens with zero attached hydrogens (tertiary/aromatic N) is 5. The van der Waals surface area contributed by atoms with Gasteiger partial charge in [0, 0.05) is 35.9 Å². The highest BCUT2D eigenvalue weighted by molar-refractivity contribution is 7.17. The Kier molecular flexibility index (Phi) is 8.04. The minimum atomic E-state index is -0.751. The van der Waals surface area contributed by atoms with Crippen molar-refractivity contribution in [2.75, 3.05) is 29.9 Å². The molecular formula is C25H29ClN6O3S2. The quantitative estimate of drug-likeness (QED) is 0.384. The number of thiazole rings is 1. The van der Waals surface area contributed by atoms with E-state index in [-0.39, 0.29) is 17.5 Å². The summed E-state index contributed by atoms with van der Waals surface area (Å²) in [6.45, 7) is 5.29. The smallest absolute Gasteiger partial charge is 0.306 e. The summed E-state index contributed by atoms with van der Waals surface area (Å²) in [7, 11) is 0. The van der Waals surface area contributed by atoms with Gasteiger partial charge in [0.05, 0.1) is 33.9 Å². The Morgan fingerprint density at radius 1 is 1.19 bits per heavy atom. The van der Waals surface area contributed by atoms with Crippen LogP contribution in [0.15, 0.2) is 23.8 Å². The van der Waals surface area contributed by atoms with Gasteiger partial charge in [-0.25, -0.2) is 15.0 Å². The van der Waals surface area contributed by atoms with E-state index >= 15 is 0 Å². The van der Waals surface area contributed by atoms with Crippen molar-refractivity contribution in [1.82, 2.24) is 19.9 Å². The summed E-state index contributed by atoms with van der Waals surface area (Å²) < 4.78 is 0. The molecule has 12 heteroatoms. The number of hydrogen-bond acceptors (Lipinski definition) is 9. The van der Waals surface area contributed by atoms with Gasteiger partial charge in [0.15, 0.2) is 5.13 Å². The van der Waals surface area contributed by atoms with Crippen molar-refractivity contribution in [3.63, 3.8) is 0 Å². The number of piperidine rings is 1. The van der Waals surface area contributed by atoms with Crippen LogP contribution in [0.4, 0.5) is 10.9 Å². The summed E-state index contributed by atoms with van der Waals surface area (Å²) in [5, 5.41) is 15.2. The molecule has 2 saturated heterocycles. The van der Waals surface area contributed by atoms with Crippen molar-refractivity contribution >= 4 is 57.1 Å². The van der Waals surface area contributed by atoms with Gasteiger partial charge in [-0.05, 0) is 44.7 Å². The van der Waals surface area contributed by atoms with Crippen molar-refractivity contribution in [1.29, 1.82) is 0 Å². The van der Waals surface area contributed by atoms with Crippen LogP contribution in [-0.2, 0) is 11.3 Å². The zero-order chi connectivity index (χ0) is 25.9. The van der Waals surface area contributed by atoms with E-state index < -0.39 is 5.97 Å². The van der Waals surface area contributed by atoms with Gasteiger partial charge in [-0.1, -0.05) is 29.9 Å². The third-order valence-corrected chi connectivity index (χ3v) is 9.31. The number of carboxylic acid groups (broad SMARTS) is 1. The van der Waals surface area contributed by atoms with Crippen LogP contribution < -0.4 is 10.2 Å². The summed E-state index contributed by atoms with van der Waals surface area (Å²) in [5.41, 5.74) is 1.07. The molecule has 2 fully saturated rings. The molecular weight excluding hydrogens is 532 g/mol. The molecule has 0 aromatic carbocycles. The number of aromatic nitrogens is 3. The van der Waals surface area contributed by atoms with Gasteiger partial charge >= 0.3 is 5.97 Å². The SMILES string of the molecule is CC[C@@H]1CCCN1Cc1sc(NC(=O)c2cnc(N3CCC(C(=O)O)CC3)cn2)nc1-c1cc(Cl)cs1. The molecule has 2 N–H and O–H groups in total. The highest BCUT2D eigenvalue weighted by atomic mass is 35.5. The van der Waals surface area contributed by atoms with Crippen molar-refractivity contribution in [2.45, 2.75) is 51.6 Å². The van der Waals surface area contributed by atoms with Gasteiger partial charge in [0.2, 0.25) is 0 Å². The lowest BCUT2D eigenvalue weighted by atomic mass is 9.97. The van der Waals surface area contributed by atoms with Gasteiger partial charge in [0.1, 0.15) is 11.5 Å². The number of carboxylic acids is 1. The van der Waals surface area contributed by atoms with E-state index in [0.717, 1.165) is 35.0 Å². The number of hydrogen-bond donors (Lipinski definition) is 2. The van der Waals surface area contributed by atoms with E-state index in [4.69, 9.17) is 16.6 Å². The molecule has 0 unspecified atom stereocenters. The lowest BCUT2D eigenvalue weighted by Crippen LogP contribution is -2.36. The molecule has 196 valence electrons. The number of likely N-dealkylation sites (tertiary alicyclic amines) is 1. The van der Waals surface area contributed by atoms with Gasteiger partial charge < -0.3 is 10.0 Å². The van der Waals surface area contributed by atoms with Crippen LogP contribution in [0.5, 0.6) is 0 Å². The van der Waals surface area contributed by atoms with E-state index in [1.807, 2.05) is 16.3 Å². The van der Waals surface area contributed by atoms with Crippen LogP contribution >= 0.6 is 34.3 Å². The molecule has 1 atom stereocenters. The van der Waals surface area contributed by atoms with Crippen molar-refractivity contribution in [2.24, 2.45) is 5.92 Å². The minimum absolute atomic E-state index is 0.201. The fourth-order valence-electron chi connectivity index (χ4n) is 5.01. The van der Waals surface area contributed by atoms with Gasteiger partial charge in [-0.2, -0.15) is 0 Å². The highest BCUT2D eigenvalue weighted by Gasteiger charge is 2.27. The largest absolute Gasteiger partial charge is 0.481 e. The number of anilines is 2. The normalized spacial score (nSPS) is 18.9. The average Bonchev–Trinajstić information content (AvgIpc) is 3.64. The van der Waals surface area contributed by atoms with Crippen LogP contribution in [0.3, 0.4) is 0 Å². The van der Waals surface area contributed by atoms with Crippen LogP contribution in [0.2, 0.25) is 5.02 Å². The van der Waals surface area contributed by atoms with E-state index in [0.29, 0.717) is 47.9 Å². The molecule has 3 aromatic rings. The number of aliphatic carboxylic acids is 1. The van der Waals surface area contributed by atoms with E-state index in [1.165, 1.54) is 30.4 Å². The number of halogens is 1. The zero-order valence-corrected chi connectivity index (χ0v) is 22.9. The lowest BCUT2D eigenvalue weighted by molar-refractivity contribution is -0.142. The maximum absolute atomic E-state index is 13.0. The maximum atomic E-state index is 13.0. The number of thiophene rings is 1. The number of nitrogens with one attached hydrogen (secondary N) is 1. The van der Waals surface area contributed by atoms with Gasteiger partial charge in [0.25, 0.3) is 5.91 Å². The van der Waals surface area contributed by atoms with Crippen LogP contribution in [0, 0.1) is 5.92 Å². The molecule has 0 saturated carbocycles. The molecule has 0 radical (unpaired) electrons. The molecule has 0 aliphatic carbocycles.